The Labute approximate surface area is 160 Å². The Hall–Kier alpha value is -2.37. The Kier molecular flexibility index (Phi) is 5.30. The zero-order chi connectivity index (χ0) is 18.8. The van der Waals surface area contributed by atoms with E-state index < -0.39 is 5.92 Å². The van der Waals surface area contributed by atoms with E-state index in [-0.39, 0.29) is 30.6 Å². The highest BCUT2D eigenvalue weighted by Crippen LogP contribution is 2.33. The molecule has 0 bridgehead atoms. The topological polar surface area (TPSA) is 66.5 Å². The minimum absolute atomic E-state index is 0.0843. The summed E-state index contributed by atoms with van der Waals surface area (Å²) in [5, 5.41) is 3.63. The first kappa shape index (κ1) is 18.4. The molecule has 7 heteroatoms. The average molecular weight is 391 g/mol. The van der Waals surface area contributed by atoms with Crippen LogP contribution in [-0.2, 0) is 9.59 Å². The molecular formula is C19H16Cl2N2O3. The van der Waals surface area contributed by atoms with E-state index in [0.717, 1.165) is 0 Å². The number of nitrogens with one attached hydrogen (secondary N) is 1. The van der Waals surface area contributed by atoms with Crippen molar-refractivity contribution in [1.82, 2.24) is 0 Å². The third-order valence-corrected chi connectivity index (χ3v) is 4.79. The maximum atomic E-state index is 12.5. The quantitative estimate of drug-likeness (QED) is 0.795. The fourth-order valence-corrected chi connectivity index (χ4v) is 3.25. The van der Waals surface area contributed by atoms with Crippen LogP contribution in [0.1, 0.15) is 23.7 Å². The van der Waals surface area contributed by atoms with E-state index in [1.165, 1.54) is 11.8 Å². The number of Topliss-reactive ketones (excluding diaryl/α,β-unsaturated/α-hetero) is 1. The van der Waals surface area contributed by atoms with Crippen molar-refractivity contribution in [1.29, 1.82) is 0 Å². The number of nitrogens with zero attached hydrogens (tertiary/aromatic N) is 1. The van der Waals surface area contributed by atoms with E-state index >= 15 is 0 Å². The van der Waals surface area contributed by atoms with Crippen LogP contribution in [-0.4, -0.2) is 24.1 Å². The molecule has 0 aromatic heterocycles. The van der Waals surface area contributed by atoms with Crippen molar-refractivity contribution >= 4 is 52.2 Å². The Morgan fingerprint density at radius 2 is 1.92 bits per heavy atom. The van der Waals surface area contributed by atoms with Crippen molar-refractivity contribution in [2.45, 2.75) is 13.3 Å². The normalized spacial score (nSPS) is 16.7. The fraction of sp³-hybridized carbons (Fsp3) is 0.211. The van der Waals surface area contributed by atoms with Gasteiger partial charge in [-0.3, -0.25) is 14.4 Å². The summed E-state index contributed by atoms with van der Waals surface area (Å²) in [7, 11) is 0. The van der Waals surface area contributed by atoms with Crippen molar-refractivity contribution in [3.63, 3.8) is 0 Å². The lowest BCUT2D eigenvalue weighted by atomic mass is 10.1. The Morgan fingerprint density at radius 1 is 1.15 bits per heavy atom. The van der Waals surface area contributed by atoms with E-state index in [0.29, 0.717) is 27.0 Å². The Balaban J connectivity index is 1.74. The molecule has 0 aliphatic carbocycles. The summed E-state index contributed by atoms with van der Waals surface area (Å²) in [6, 6.07) is 11.6. The van der Waals surface area contributed by atoms with Gasteiger partial charge < -0.3 is 10.2 Å². The standard InChI is InChI=1S/C19H16Cl2N2O3/c1-11(24)12-3-2-4-15(7-12)22-19(26)13-8-18(25)23(10-13)17-9-14(20)5-6-16(17)21/h2-7,9,13H,8,10H2,1H3,(H,22,26). The first-order valence-corrected chi connectivity index (χ1v) is 8.78. The number of carbonyl (C=O) groups is 3. The highest BCUT2D eigenvalue weighted by atomic mass is 35.5. The summed E-state index contributed by atoms with van der Waals surface area (Å²) in [6.07, 6.45) is 0.0844. The number of amides is 2. The number of hydrogen-bond acceptors (Lipinski definition) is 3. The van der Waals surface area contributed by atoms with Gasteiger partial charge >= 0.3 is 0 Å². The van der Waals surface area contributed by atoms with E-state index in [2.05, 4.69) is 5.32 Å². The molecule has 2 amide bonds. The van der Waals surface area contributed by atoms with Crippen molar-refractivity contribution in [2.75, 3.05) is 16.8 Å². The second-order valence-corrected chi connectivity index (χ2v) is 6.97. The number of benzene rings is 2. The summed E-state index contributed by atoms with van der Waals surface area (Å²) < 4.78 is 0. The lowest BCUT2D eigenvalue weighted by molar-refractivity contribution is -0.122. The molecule has 3 rings (SSSR count). The van der Waals surface area contributed by atoms with Crippen molar-refractivity contribution < 1.29 is 14.4 Å². The molecule has 1 saturated heterocycles. The molecule has 1 fully saturated rings. The van der Waals surface area contributed by atoms with Crippen molar-refractivity contribution in [3.05, 3.63) is 58.1 Å². The summed E-state index contributed by atoms with van der Waals surface area (Å²) in [4.78, 5) is 37.8. The number of rotatable bonds is 4. The molecular weight excluding hydrogens is 375 g/mol. The van der Waals surface area contributed by atoms with Crippen LogP contribution < -0.4 is 10.2 Å². The van der Waals surface area contributed by atoms with E-state index in [1.54, 1.807) is 42.5 Å². The van der Waals surface area contributed by atoms with Gasteiger partial charge in [0.2, 0.25) is 11.8 Å². The smallest absolute Gasteiger partial charge is 0.229 e. The summed E-state index contributed by atoms with van der Waals surface area (Å²) >= 11 is 12.1. The van der Waals surface area contributed by atoms with Gasteiger partial charge in [-0.1, -0.05) is 35.3 Å². The van der Waals surface area contributed by atoms with Gasteiger partial charge in [0.05, 0.1) is 16.6 Å². The molecule has 26 heavy (non-hydrogen) atoms. The molecule has 1 heterocycles. The molecule has 1 unspecified atom stereocenters. The second kappa shape index (κ2) is 7.48. The van der Waals surface area contributed by atoms with Crippen LogP contribution in [0.3, 0.4) is 0 Å². The minimum Gasteiger partial charge on any atom is -0.326 e. The molecule has 0 radical (unpaired) electrons. The third-order valence-electron chi connectivity index (χ3n) is 4.23. The predicted octanol–water partition coefficient (Wildman–Crippen LogP) is 4.19. The maximum Gasteiger partial charge on any atom is 0.229 e. The molecule has 0 saturated carbocycles. The van der Waals surface area contributed by atoms with Gasteiger partial charge in [0.25, 0.3) is 0 Å². The molecule has 1 atom stereocenters. The van der Waals surface area contributed by atoms with Crippen LogP contribution in [0.15, 0.2) is 42.5 Å². The molecule has 1 aliphatic rings. The van der Waals surface area contributed by atoms with Crippen LogP contribution in [0, 0.1) is 5.92 Å². The van der Waals surface area contributed by atoms with E-state index in [9.17, 15) is 14.4 Å². The van der Waals surface area contributed by atoms with Gasteiger partial charge in [-0.15, -0.1) is 0 Å². The summed E-state index contributed by atoms with van der Waals surface area (Å²) in [6.45, 7) is 1.68. The maximum absolute atomic E-state index is 12.5. The predicted molar refractivity (Wildman–Crippen MR) is 102 cm³/mol. The van der Waals surface area contributed by atoms with Gasteiger partial charge in [-0.2, -0.15) is 0 Å². The lowest BCUT2D eigenvalue weighted by Crippen LogP contribution is -2.28. The van der Waals surface area contributed by atoms with Gasteiger partial charge in [-0.05, 0) is 37.3 Å². The number of halogens is 2. The molecule has 2 aromatic carbocycles. The van der Waals surface area contributed by atoms with E-state index in [4.69, 9.17) is 23.2 Å². The number of ketones is 1. The summed E-state index contributed by atoms with van der Waals surface area (Å²) in [5.74, 6) is -1.07. The number of hydrogen-bond donors (Lipinski definition) is 1. The van der Waals surface area contributed by atoms with Crippen molar-refractivity contribution in [2.24, 2.45) is 5.92 Å². The number of carbonyl (C=O) groups excluding carboxylic acids is 3. The van der Waals surface area contributed by atoms with Gasteiger partial charge in [0, 0.05) is 29.2 Å². The highest BCUT2D eigenvalue weighted by Gasteiger charge is 2.36. The fourth-order valence-electron chi connectivity index (χ4n) is 2.87. The summed E-state index contributed by atoms with van der Waals surface area (Å²) in [5.41, 5.74) is 1.53. The Morgan fingerprint density at radius 3 is 2.65 bits per heavy atom. The molecule has 5 nitrogen and oxygen atoms in total. The van der Waals surface area contributed by atoms with Gasteiger partial charge in [0.1, 0.15) is 0 Å². The molecule has 134 valence electrons. The zero-order valence-corrected chi connectivity index (χ0v) is 15.5. The molecule has 2 aromatic rings. The van der Waals surface area contributed by atoms with Crippen LogP contribution in [0.5, 0.6) is 0 Å². The largest absolute Gasteiger partial charge is 0.326 e. The second-order valence-electron chi connectivity index (χ2n) is 6.13. The number of anilines is 2. The first-order chi connectivity index (χ1) is 12.3. The average Bonchev–Trinajstić information content (AvgIpc) is 2.99. The van der Waals surface area contributed by atoms with Crippen LogP contribution in [0.2, 0.25) is 10.0 Å². The first-order valence-electron chi connectivity index (χ1n) is 8.02. The van der Waals surface area contributed by atoms with Gasteiger partial charge in [-0.25, -0.2) is 0 Å². The highest BCUT2D eigenvalue weighted by molar-refractivity contribution is 6.36. The monoisotopic (exact) mass is 390 g/mol. The SMILES string of the molecule is CC(=O)c1cccc(NC(=O)C2CC(=O)N(c3cc(Cl)ccc3Cl)C2)c1. The van der Waals surface area contributed by atoms with Crippen LogP contribution in [0.4, 0.5) is 11.4 Å². The zero-order valence-electron chi connectivity index (χ0n) is 14.0. The molecule has 0 spiro atoms. The Bertz CT molecular complexity index is 898. The van der Waals surface area contributed by atoms with Crippen LogP contribution in [0.25, 0.3) is 0 Å². The van der Waals surface area contributed by atoms with Crippen molar-refractivity contribution in [3.8, 4) is 0 Å². The lowest BCUT2D eigenvalue weighted by Gasteiger charge is -2.18. The molecule has 1 aliphatic heterocycles. The van der Waals surface area contributed by atoms with Crippen LogP contribution >= 0.6 is 23.2 Å². The third kappa shape index (κ3) is 3.89. The minimum atomic E-state index is -0.515. The van der Waals surface area contributed by atoms with Gasteiger partial charge in [0.15, 0.2) is 5.78 Å². The van der Waals surface area contributed by atoms with E-state index in [1.807, 2.05) is 0 Å². The molecule has 1 N–H and O–H groups in total.